The van der Waals surface area contributed by atoms with Crippen LogP contribution in [-0.2, 0) is 24.8 Å². The predicted octanol–water partition coefficient (Wildman–Crippen LogP) is 1.54. The molecular formula is C21H27ClN4O6S2. The van der Waals surface area contributed by atoms with Crippen molar-refractivity contribution in [2.45, 2.75) is 9.79 Å². The van der Waals surface area contributed by atoms with E-state index in [1.165, 1.54) is 60.9 Å². The molecule has 3 rings (SSSR count). The summed E-state index contributed by atoms with van der Waals surface area (Å²) in [6, 6.07) is 9.95. The van der Waals surface area contributed by atoms with Crippen LogP contribution in [0.5, 0.6) is 5.75 Å². The number of sulfonamides is 2. The second kappa shape index (κ2) is 10.6. The lowest BCUT2D eigenvalue weighted by Gasteiger charge is -2.31. The fraction of sp³-hybridized carbons (Fsp3) is 0.381. The Kier molecular flexibility index (Phi) is 8.22. The van der Waals surface area contributed by atoms with Crippen molar-refractivity contribution in [2.24, 2.45) is 0 Å². The molecule has 1 amide bonds. The lowest BCUT2D eigenvalue weighted by Crippen LogP contribution is -2.46. The minimum absolute atomic E-state index is 0.105. The van der Waals surface area contributed by atoms with Crippen molar-refractivity contribution in [1.82, 2.24) is 13.5 Å². The summed E-state index contributed by atoms with van der Waals surface area (Å²) < 4.78 is 58.9. The summed E-state index contributed by atoms with van der Waals surface area (Å²) >= 11 is 5.93. The van der Waals surface area contributed by atoms with Gasteiger partial charge in [-0.25, -0.2) is 16.8 Å². The van der Waals surface area contributed by atoms with E-state index in [1.54, 1.807) is 0 Å². The smallest absolute Gasteiger partial charge is 0.247 e. The first-order valence-corrected chi connectivity index (χ1v) is 13.6. The van der Waals surface area contributed by atoms with Gasteiger partial charge in [-0.3, -0.25) is 4.79 Å². The zero-order valence-corrected chi connectivity index (χ0v) is 21.5. The third kappa shape index (κ3) is 5.88. The molecule has 0 atom stereocenters. The Labute approximate surface area is 205 Å². The quantitative estimate of drug-likeness (QED) is 0.550. The molecule has 0 bridgehead atoms. The van der Waals surface area contributed by atoms with Gasteiger partial charge >= 0.3 is 0 Å². The van der Waals surface area contributed by atoms with Crippen LogP contribution in [0.3, 0.4) is 0 Å². The van der Waals surface area contributed by atoms with Gasteiger partial charge in [0.2, 0.25) is 26.0 Å². The van der Waals surface area contributed by atoms with Crippen molar-refractivity contribution >= 4 is 43.2 Å². The van der Waals surface area contributed by atoms with Gasteiger partial charge in [0, 0.05) is 43.9 Å². The number of ether oxygens (including phenoxy) is 1. The maximum atomic E-state index is 12.9. The number of amides is 1. The van der Waals surface area contributed by atoms with Gasteiger partial charge in [0.15, 0.2) is 0 Å². The second-order valence-electron chi connectivity index (χ2n) is 7.84. The molecule has 13 heteroatoms. The number of anilines is 1. The molecule has 1 N–H and O–H groups in total. The van der Waals surface area contributed by atoms with Gasteiger partial charge in [0.05, 0.1) is 18.6 Å². The van der Waals surface area contributed by atoms with Crippen molar-refractivity contribution in [3.8, 4) is 5.75 Å². The zero-order valence-electron chi connectivity index (χ0n) is 19.1. The van der Waals surface area contributed by atoms with Gasteiger partial charge in [-0.05, 0) is 49.5 Å². The summed E-state index contributed by atoms with van der Waals surface area (Å²) in [4.78, 5) is 14.5. The van der Waals surface area contributed by atoms with Gasteiger partial charge in [-0.2, -0.15) is 8.61 Å². The van der Waals surface area contributed by atoms with E-state index in [2.05, 4.69) is 10.2 Å². The molecule has 2 aromatic rings. The van der Waals surface area contributed by atoms with Crippen LogP contribution in [0, 0.1) is 0 Å². The predicted molar refractivity (Wildman–Crippen MR) is 129 cm³/mol. The normalized spacial score (nSPS) is 15.9. The van der Waals surface area contributed by atoms with E-state index in [9.17, 15) is 21.6 Å². The largest absolute Gasteiger partial charge is 0.495 e. The molecule has 0 spiro atoms. The summed E-state index contributed by atoms with van der Waals surface area (Å²) in [7, 11) is -3.14. The Hall–Kier alpha value is -2.22. The highest BCUT2D eigenvalue weighted by Crippen LogP contribution is 2.29. The van der Waals surface area contributed by atoms with Crippen molar-refractivity contribution in [1.29, 1.82) is 0 Å². The monoisotopic (exact) mass is 530 g/mol. The number of halogens is 1. The highest BCUT2D eigenvalue weighted by Gasteiger charge is 2.28. The SMILES string of the molecule is COc1ccc(Cl)cc1S(=O)(=O)N(C)CC(=O)Nc1ccc(S(=O)(=O)N2CCN(C)CC2)cc1. The molecular weight excluding hydrogens is 504 g/mol. The number of piperazine rings is 1. The fourth-order valence-corrected chi connectivity index (χ4v) is 6.36. The molecule has 186 valence electrons. The van der Waals surface area contributed by atoms with Crippen molar-refractivity contribution < 1.29 is 26.4 Å². The standard InChI is InChI=1S/C21H27ClN4O6S2/c1-24-10-12-26(13-11-24)33(28,29)18-7-5-17(6-8-18)23-21(27)15-25(2)34(30,31)20-14-16(22)4-9-19(20)32-3/h4-9,14H,10-13,15H2,1-3H3,(H,23,27). The summed E-state index contributed by atoms with van der Waals surface area (Å²) in [5.74, 6) is -0.490. The van der Waals surface area contributed by atoms with E-state index in [0.717, 1.165) is 4.31 Å². The number of nitrogens with zero attached hydrogens (tertiary/aromatic N) is 3. The highest BCUT2D eigenvalue weighted by molar-refractivity contribution is 7.89. The number of hydrogen-bond donors (Lipinski definition) is 1. The number of methoxy groups -OCH3 is 1. The number of likely N-dealkylation sites (N-methyl/N-ethyl adjacent to an activating group) is 2. The zero-order chi connectivity index (χ0) is 25.1. The van der Waals surface area contributed by atoms with Crippen molar-refractivity contribution in [3.63, 3.8) is 0 Å². The van der Waals surface area contributed by atoms with Crippen LogP contribution in [0.25, 0.3) is 0 Å². The highest BCUT2D eigenvalue weighted by atomic mass is 35.5. The van der Waals surface area contributed by atoms with E-state index < -0.39 is 32.5 Å². The van der Waals surface area contributed by atoms with E-state index in [-0.39, 0.29) is 20.6 Å². The van der Waals surface area contributed by atoms with Crippen LogP contribution in [-0.4, -0.2) is 90.2 Å². The van der Waals surface area contributed by atoms with Gasteiger partial charge in [0.1, 0.15) is 10.6 Å². The number of carbonyl (C=O) groups is 1. The van der Waals surface area contributed by atoms with Crippen LogP contribution in [0.1, 0.15) is 0 Å². The van der Waals surface area contributed by atoms with Gasteiger partial charge < -0.3 is 15.0 Å². The third-order valence-electron chi connectivity index (χ3n) is 5.42. The van der Waals surface area contributed by atoms with E-state index in [0.29, 0.717) is 31.9 Å². The minimum Gasteiger partial charge on any atom is -0.495 e. The number of hydrogen-bond acceptors (Lipinski definition) is 7. The van der Waals surface area contributed by atoms with Crippen LogP contribution < -0.4 is 10.1 Å². The first-order valence-electron chi connectivity index (χ1n) is 10.3. The van der Waals surface area contributed by atoms with Gasteiger partial charge in [-0.15, -0.1) is 0 Å². The lowest BCUT2D eigenvalue weighted by atomic mass is 10.3. The molecule has 34 heavy (non-hydrogen) atoms. The molecule has 1 heterocycles. The molecule has 1 fully saturated rings. The van der Waals surface area contributed by atoms with E-state index >= 15 is 0 Å². The van der Waals surface area contributed by atoms with Crippen LogP contribution in [0.2, 0.25) is 5.02 Å². The number of nitrogens with one attached hydrogen (secondary N) is 1. The minimum atomic E-state index is -4.06. The Morgan fingerprint density at radius 3 is 2.26 bits per heavy atom. The van der Waals surface area contributed by atoms with Crippen LogP contribution >= 0.6 is 11.6 Å². The van der Waals surface area contributed by atoms with E-state index in [4.69, 9.17) is 16.3 Å². The molecule has 0 aromatic heterocycles. The van der Waals surface area contributed by atoms with Crippen molar-refractivity contribution in [2.75, 3.05) is 59.2 Å². The molecule has 2 aromatic carbocycles. The maximum Gasteiger partial charge on any atom is 0.247 e. The number of carbonyl (C=O) groups excluding carboxylic acids is 1. The van der Waals surface area contributed by atoms with Crippen LogP contribution in [0.15, 0.2) is 52.3 Å². The third-order valence-corrected chi connectivity index (χ3v) is 9.39. The molecule has 10 nitrogen and oxygen atoms in total. The Morgan fingerprint density at radius 2 is 1.68 bits per heavy atom. The molecule has 0 saturated carbocycles. The van der Waals surface area contributed by atoms with Crippen molar-refractivity contribution in [3.05, 3.63) is 47.5 Å². The first kappa shape index (κ1) is 26.4. The second-order valence-corrected chi connectivity index (χ2v) is 12.2. The fourth-order valence-electron chi connectivity index (χ4n) is 3.40. The topological polar surface area (TPSA) is 116 Å². The summed E-state index contributed by atoms with van der Waals surface area (Å²) in [5.41, 5.74) is 0.341. The molecule has 1 saturated heterocycles. The molecule has 0 radical (unpaired) electrons. The molecule has 0 unspecified atom stereocenters. The van der Waals surface area contributed by atoms with Crippen LogP contribution in [0.4, 0.5) is 5.69 Å². The molecule has 1 aliphatic rings. The van der Waals surface area contributed by atoms with Gasteiger partial charge in [-0.1, -0.05) is 11.6 Å². The number of benzene rings is 2. The number of rotatable bonds is 8. The average Bonchev–Trinajstić information content (AvgIpc) is 2.79. The molecule has 1 aliphatic heterocycles. The Bertz CT molecular complexity index is 1240. The summed E-state index contributed by atoms with van der Waals surface area (Å²) in [6.45, 7) is 1.67. The Balaban J connectivity index is 1.66. The maximum absolute atomic E-state index is 12.9. The average molecular weight is 531 g/mol. The van der Waals surface area contributed by atoms with Gasteiger partial charge in [0.25, 0.3) is 0 Å². The first-order chi connectivity index (χ1) is 15.9. The Morgan fingerprint density at radius 1 is 1.06 bits per heavy atom. The summed E-state index contributed by atoms with van der Waals surface area (Å²) in [5, 5.41) is 2.79. The summed E-state index contributed by atoms with van der Waals surface area (Å²) in [6.07, 6.45) is 0. The molecule has 0 aliphatic carbocycles. The van der Waals surface area contributed by atoms with E-state index in [1.807, 2.05) is 7.05 Å². The lowest BCUT2D eigenvalue weighted by molar-refractivity contribution is -0.116.